The summed E-state index contributed by atoms with van der Waals surface area (Å²) >= 11 is 0. The molecule has 114 valence electrons. The summed E-state index contributed by atoms with van der Waals surface area (Å²) in [7, 11) is 2.16. The van der Waals surface area contributed by atoms with Gasteiger partial charge in [0.05, 0.1) is 5.60 Å². The second-order valence-corrected chi connectivity index (χ2v) is 6.10. The van der Waals surface area contributed by atoms with Crippen LogP contribution in [0.5, 0.6) is 0 Å². The molecule has 20 heavy (non-hydrogen) atoms. The Hall–Kier alpha value is -0.900. The Labute approximate surface area is 124 Å². The normalized spacial score (nSPS) is 14.8. The van der Waals surface area contributed by atoms with Crippen LogP contribution in [0.4, 0.5) is 0 Å². The molecule has 1 aromatic carbocycles. The van der Waals surface area contributed by atoms with Gasteiger partial charge in [0, 0.05) is 12.6 Å². The number of nitrogens with zero attached hydrogens (tertiary/aromatic N) is 1. The second kappa shape index (κ2) is 8.40. The van der Waals surface area contributed by atoms with Gasteiger partial charge in [0.2, 0.25) is 0 Å². The summed E-state index contributed by atoms with van der Waals surface area (Å²) in [5, 5.41) is 13.8. The zero-order valence-electron chi connectivity index (χ0n) is 13.4. The molecule has 0 spiro atoms. The van der Waals surface area contributed by atoms with Crippen molar-refractivity contribution < 1.29 is 5.11 Å². The summed E-state index contributed by atoms with van der Waals surface area (Å²) < 4.78 is 0. The van der Waals surface area contributed by atoms with E-state index in [2.05, 4.69) is 31.1 Å². The molecular weight excluding hydrogens is 248 g/mol. The van der Waals surface area contributed by atoms with E-state index in [1.54, 1.807) is 0 Å². The maximum atomic E-state index is 10.4. The summed E-state index contributed by atoms with van der Waals surface area (Å²) in [6.45, 7) is 8.98. The van der Waals surface area contributed by atoms with Crippen molar-refractivity contribution in [1.29, 1.82) is 0 Å². The number of hydrogen-bond donors (Lipinski definition) is 2. The third-order valence-corrected chi connectivity index (χ3v) is 3.86. The topological polar surface area (TPSA) is 35.5 Å². The fourth-order valence-corrected chi connectivity index (χ4v) is 2.10. The number of aliphatic hydroxyl groups is 1. The highest BCUT2D eigenvalue weighted by Gasteiger charge is 2.21. The Kier molecular flexibility index (Phi) is 7.20. The smallest absolute Gasteiger partial charge is 0.0992 e. The first-order valence-electron chi connectivity index (χ1n) is 7.62. The molecule has 3 heteroatoms. The van der Waals surface area contributed by atoms with E-state index < -0.39 is 5.60 Å². The summed E-state index contributed by atoms with van der Waals surface area (Å²) in [5.74, 6) is 0. The Bertz CT molecular complexity index is 363. The molecule has 1 atom stereocenters. The average molecular weight is 278 g/mol. The molecule has 1 rings (SSSR count). The molecule has 2 N–H and O–H groups in total. The zero-order chi connectivity index (χ0) is 15.0. The van der Waals surface area contributed by atoms with Gasteiger partial charge < -0.3 is 15.3 Å². The van der Waals surface area contributed by atoms with Crippen molar-refractivity contribution in [3.63, 3.8) is 0 Å². The van der Waals surface area contributed by atoms with Gasteiger partial charge in [0.1, 0.15) is 0 Å². The van der Waals surface area contributed by atoms with Crippen molar-refractivity contribution in [2.24, 2.45) is 0 Å². The van der Waals surface area contributed by atoms with E-state index in [9.17, 15) is 5.11 Å². The molecule has 0 aliphatic carbocycles. The van der Waals surface area contributed by atoms with Crippen LogP contribution < -0.4 is 5.32 Å². The molecule has 3 nitrogen and oxygen atoms in total. The highest BCUT2D eigenvalue weighted by atomic mass is 16.3. The third kappa shape index (κ3) is 6.04. The van der Waals surface area contributed by atoms with Crippen LogP contribution in [0.2, 0.25) is 0 Å². The number of hydrogen-bond acceptors (Lipinski definition) is 3. The van der Waals surface area contributed by atoms with Crippen molar-refractivity contribution in [3.8, 4) is 0 Å². The second-order valence-electron chi connectivity index (χ2n) is 6.10. The number of nitrogens with one attached hydrogen (secondary N) is 1. The van der Waals surface area contributed by atoms with Crippen molar-refractivity contribution in [3.05, 3.63) is 35.9 Å². The van der Waals surface area contributed by atoms with Crippen LogP contribution in [-0.4, -0.2) is 42.7 Å². The molecule has 0 amide bonds. The van der Waals surface area contributed by atoms with Crippen LogP contribution in [0.1, 0.15) is 39.2 Å². The lowest BCUT2D eigenvalue weighted by atomic mass is 9.96. The lowest BCUT2D eigenvalue weighted by molar-refractivity contribution is 0.0570. The van der Waals surface area contributed by atoms with Gasteiger partial charge in [-0.25, -0.2) is 0 Å². The molecule has 0 radical (unpaired) electrons. The lowest BCUT2D eigenvalue weighted by Crippen LogP contribution is -2.36. The predicted molar refractivity (Wildman–Crippen MR) is 85.9 cm³/mol. The van der Waals surface area contributed by atoms with Gasteiger partial charge in [-0.05, 0) is 59.3 Å². The number of unbranched alkanes of at least 4 members (excludes halogenated alkanes) is 1. The summed E-state index contributed by atoms with van der Waals surface area (Å²) in [5.41, 5.74) is 0.169. The number of benzene rings is 1. The number of rotatable bonds is 9. The fourth-order valence-electron chi connectivity index (χ4n) is 2.10. The standard InChI is InChI=1S/C17H30N2O/c1-15(2)19(4)13-9-8-12-18-14-17(3,20)16-10-6-5-7-11-16/h5-7,10-11,15,18,20H,8-9,12-14H2,1-4H3. The van der Waals surface area contributed by atoms with E-state index in [1.807, 2.05) is 37.3 Å². The zero-order valence-corrected chi connectivity index (χ0v) is 13.4. The lowest BCUT2D eigenvalue weighted by Gasteiger charge is -2.24. The van der Waals surface area contributed by atoms with Crippen molar-refractivity contribution >= 4 is 0 Å². The summed E-state index contributed by atoms with van der Waals surface area (Å²) in [4.78, 5) is 2.36. The molecule has 1 aromatic rings. The molecule has 0 bridgehead atoms. The SMILES string of the molecule is CC(C)N(C)CCCCNCC(C)(O)c1ccccc1. The van der Waals surface area contributed by atoms with Gasteiger partial charge in [-0.3, -0.25) is 0 Å². The molecule has 0 aromatic heterocycles. The van der Waals surface area contributed by atoms with E-state index in [0.29, 0.717) is 12.6 Å². The molecule has 1 unspecified atom stereocenters. The van der Waals surface area contributed by atoms with Gasteiger partial charge in [-0.15, -0.1) is 0 Å². The first-order chi connectivity index (χ1) is 9.43. The van der Waals surface area contributed by atoms with E-state index >= 15 is 0 Å². The first kappa shape index (κ1) is 17.2. The van der Waals surface area contributed by atoms with Crippen LogP contribution in [0.25, 0.3) is 0 Å². The Morgan fingerprint density at radius 2 is 1.85 bits per heavy atom. The Balaban J connectivity index is 2.18. The van der Waals surface area contributed by atoms with Gasteiger partial charge in [0.15, 0.2) is 0 Å². The average Bonchev–Trinajstić information content (AvgIpc) is 2.43. The molecular formula is C17H30N2O. The molecule has 0 saturated heterocycles. The Morgan fingerprint density at radius 3 is 2.45 bits per heavy atom. The quantitative estimate of drug-likeness (QED) is 0.682. The van der Waals surface area contributed by atoms with Gasteiger partial charge in [-0.1, -0.05) is 30.3 Å². The first-order valence-corrected chi connectivity index (χ1v) is 7.62. The van der Waals surface area contributed by atoms with E-state index in [1.165, 1.54) is 6.42 Å². The molecule has 0 aliphatic heterocycles. The van der Waals surface area contributed by atoms with E-state index in [-0.39, 0.29) is 0 Å². The van der Waals surface area contributed by atoms with Crippen LogP contribution >= 0.6 is 0 Å². The maximum absolute atomic E-state index is 10.4. The molecule has 0 heterocycles. The summed E-state index contributed by atoms with van der Waals surface area (Å²) in [6.07, 6.45) is 2.33. The highest BCUT2D eigenvalue weighted by molar-refractivity contribution is 5.21. The Morgan fingerprint density at radius 1 is 1.20 bits per heavy atom. The van der Waals surface area contributed by atoms with Gasteiger partial charge >= 0.3 is 0 Å². The van der Waals surface area contributed by atoms with Gasteiger partial charge in [0.25, 0.3) is 0 Å². The molecule has 0 aliphatic rings. The van der Waals surface area contributed by atoms with E-state index in [4.69, 9.17) is 0 Å². The largest absolute Gasteiger partial charge is 0.384 e. The van der Waals surface area contributed by atoms with Crippen molar-refractivity contribution in [2.45, 2.75) is 45.3 Å². The highest BCUT2D eigenvalue weighted by Crippen LogP contribution is 2.18. The van der Waals surface area contributed by atoms with Gasteiger partial charge in [-0.2, -0.15) is 0 Å². The minimum atomic E-state index is -0.796. The maximum Gasteiger partial charge on any atom is 0.0992 e. The summed E-state index contributed by atoms with van der Waals surface area (Å²) in [6, 6.07) is 10.5. The minimum Gasteiger partial charge on any atom is -0.384 e. The van der Waals surface area contributed by atoms with Crippen LogP contribution in [0.15, 0.2) is 30.3 Å². The third-order valence-electron chi connectivity index (χ3n) is 3.86. The fraction of sp³-hybridized carbons (Fsp3) is 0.647. The van der Waals surface area contributed by atoms with Crippen LogP contribution in [0, 0.1) is 0 Å². The predicted octanol–water partition coefficient (Wildman–Crippen LogP) is 2.60. The minimum absolute atomic E-state index is 0.594. The molecule has 0 fully saturated rings. The van der Waals surface area contributed by atoms with Crippen molar-refractivity contribution in [2.75, 3.05) is 26.7 Å². The molecule has 0 saturated carbocycles. The van der Waals surface area contributed by atoms with Crippen LogP contribution in [-0.2, 0) is 5.60 Å². The monoisotopic (exact) mass is 278 g/mol. The van der Waals surface area contributed by atoms with E-state index in [0.717, 1.165) is 25.1 Å². The van der Waals surface area contributed by atoms with Crippen LogP contribution in [0.3, 0.4) is 0 Å². The van der Waals surface area contributed by atoms with Crippen molar-refractivity contribution in [1.82, 2.24) is 10.2 Å².